The number of hydrogen-bond donors (Lipinski definition) is 1. The Kier molecular flexibility index (Phi) is 4.84. The maximum Gasteiger partial charge on any atom is 0.0367 e. The lowest BCUT2D eigenvalue weighted by atomic mass is 9.80. The van der Waals surface area contributed by atoms with Crippen molar-refractivity contribution in [1.82, 2.24) is 5.32 Å². The zero-order chi connectivity index (χ0) is 14.5. The molecule has 2 heteroatoms. The molecule has 1 aliphatic heterocycles. The first kappa shape index (κ1) is 14.9. The first-order valence-electron chi connectivity index (χ1n) is 8.90. The molecule has 0 bridgehead atoms. The molecule has 1 N–H and O–H groups in total. The lowest BCUT2D eigenvalue weighted by Gasteiger charge is -2.47. The summed E-state index contributed by atoms with van der Waals surface area (Å²) in [5, 5.41) is 3.83. The van der Waals surface area contributed by atoms with Gasteiger partial charge in [-0.3, -0.25) is 0 Å². The molecule has 0 unspecified atom stereocenters. The van der Waals surface area contributed by atoms with Crippen molar-refractivity contribution < 1.29 is 0 Å². The van der Waals surface area contributed by atoms with Gasteiger partial charge in [-0.25, -0.2) is 0 Å². The van der Waals surface area contributed by atoms with E-state index in [1.807, 2.05) is 0 Å². The van der Waals surface area contributed by atoms with Crippen LogP contribution in [0, 0.1) is 0 Å². The lowest BCUT2D eigenvalue weighted by molar-refractivity contribution is 0.216. The van der Waals surface area contributed by atoms with Gasteiger partial charge in [0.05, 0.1) is 0 Å². The molecule has 2 nitrogen and oxygen atoms in total. The third-order valence-electron chi connectivity index (χ3n) is 5.31. The number of piperazine rings is 1. The summed E-state index contributed by atoms with van der Waals surface area (Å²) in [5.41, 5.74) is 3.31. The van der Waals surface area contributed by atoms with Gasteiger partial charge in [-0.2, -0.15) is 0 Å². The van der Waals surface area contributed by atoms with Crippen molar-refractivity contribution >= 4 is 5.69 Å². The minimum atomic E-state index is 0.400. The number of anilines is 1. The fourth-order valence-electron chi connectivity index (χ4n) is 3.99. The quantitative estimate of drug-likeness (QED) is 0.895. The van der Waals surface area contributed by atoms with E-state index in [1.54, 1.807) is 0 Å². The Bertz CT molecular complexity index is 426. The second kappa shape index (κ2) is 6.83. The predicted molar refractivity (Wildman–Crippen MR) is 91.1 cm³/mol. The van der Waals surface area contributed by atoms with Gasteiger partial charge in [0.15, 0.2) is 0 Å². The molecule has 1 heterocycles. The van der Waals surface area contributed by atoms with Gasteiger partial charge in [-0.05, 0) is 43.4 Å². The molecule has 3 rings (SSSR count). The van der Waals surface area contributed by atoms with E-state index in [0.29, 0.717) is 5.54 Å². The largest absolute Gasteiger partial charge is 0.368 e. The first-order valence-corrected chi connectivity index (χ1v) is 8.90. The molecule has 1 spiro atoms. The van der Waals surface area contributed by atoms with Gasteiger partial charge < -0.3 is 10.2 Å². The number of benzene rings is 1. The molecule has 0 amide bonds. The van der Waals surface area contributed by atoms with Crippen LogP contribution < -0.4 is 10.2 Å². The number of unbranched alkanes of at least 4 members (excludes halogenated alkanes) is 1. The van der Waals surface area contributed by atoms with Gasteiger partial charge in [0, 0.05) is 30.9 Å². The number of rotatable bonds is 4. The monoisotopic (exact) mass is 286 g/mol. The Morgan fingerprint density at radius 1 is 1.10 bits per heavy atom. The average Bonchev–Trinajstić information content (AvgIpc) is 2.54. The molecular weight excluding hydrogens is 256 g/mol. The van der Waals surface area contributed by atoms with E-state index in [1.165, 1.54) is 69.2 Å². The molecule has 0 aromatic heterocycles. The van der Waals surface area contributed by atoms with Crippen molar-refractivity contribution in [2.45, 2.75) is 63.8 Å². The number of aryl methyl sites for hydroxylation is 1. The van der Waals surface area contributed by atoms with Crippen LogP contribution >= 0.6 is 0 Å². The van der Waals surface area contributed by atoms with Gasteiger partial charge in [0.1, 0.15) is 0 Å². The Morgan fingerprint density at radius 3 is 2.57 bits per heavy atom. The van der Waals surface area contributed by atoms with E-state index in [9.17, 15) is 0 Å². The maximum atomic E-state index is 3.83. The normalized spacial score (nSPS) is 21.7. The second-order valence-corrected chi connectivity index (χ2v) is 6.96. The van der Waals surface area contributed by atoms with Gasteiger partial charge in [0.2, 0.25) is 0 Å². The summed E-state index contributed by atoms with van der Waals surface area (Å²) < 4.78 is 0. The molecule has 21 heavy (non-hydrogen) atoms. The molecule has 116 valence electrons. The van der Waals surface area contributed by atoms with Crippen molar-refractivity contribution in [3.05, 3.63) is 29.8 Å². The van der Waals surface area contributed by atoms with E-state index in [0.717, 1.165) is 13.1 Å². The summed E-state index contributed by atoms with van der Waals surface area (Å²) in [6, 6.07) is 9.35. The summed E-state index contributed by atoms with van der Waals surface area (Å²) in [4.78, 5) is 2.60. The zero-order valence-electron chi connectivity index (χ0n) is 13.5. The third-order valence-corrected chi connectivity index (χ3v) is 5.31. The van der Waals surface area contributed by atoms with Crippen LogP contribution in [0.15, 0.2) is 24.3 Å². The van der Waals surface area contributed by atoms with Crippen molar-refractivity contribution in [3.63, 3.8) is 0 Å². The third kappa shape index (κ3) is 3.60. The highest BCUT2D eigenvalue weighted by atomic mass is 15.2. The topological polar surface area (TPSA) is 15.3 Å². The Morgan fingerprint density at radius 2 is 1.86 bits per heavy atom. The molecule has 1 aromatic rings. The van der Waals surface area contributed by atoms with Crippen molar-refractivity contribution in [2.24, 2.45) is 0 Å². The maximum absolute atomic E-state index is 3.83. The molecular formula is C19H30N2. The highest BCUT2D eigenvalue weighted by Gasteiger charge is 2.36. The highest BCUT2D eigenvalue weighted by Crippen LogP contribution is 2.32. The van der Waals surface area contributed by atoms with E-state index >= 15 is 0 Å². The second-order valence-electron chi connectivity index (χ2n) is 6.96. The number of hydrogen-bond acceptors (Lipinski definition) is 2. The summed E-state index contributed by atoms with van der Waals surface area (Å²) in [7, 11) is 0. The first-order chi connectivity index (χ1) is 10.3. The van der Waals surface area contributed by atoms with Crippen molar-refractivity contribution in [2.75, 3.05) is 24.5 Å². The van der Waals surface area contributed by atoms with Crippen LogP contribution in [0.4, 0.5) is 5.69 Å². The van der Waals surface area contributed by atoms with E-state index in [2.05, 4.69) is 41.4 Å². The predicted octanol–water partition coefficient (Wildman–Crippen LogP) is 4.14. The zero-order valence-corrected chi connectivity index (χ0v) is 13.5. The van der Waals surface area contributed by atoms with E-state index in [4.69, 9.17) is 0 Å². The van der Waals surface area contributed by atoms with E-state index in [-0.39, 0.29) is 0 Å². The molecule has 1 aromatic carbocycles. The Hall–Kier alpha value is -1.02. The van der Waals surface area contributed by atoms with Gasteiger partial charge in [0.25, 0.3) is 0 Å². The average molecular weight is 286 g/mol. The smallest absolute Gasteiger partial charge is 0.0367 e. The van der Waals surface area contributed by atoms with Crippen LogP contribution in [0.25, 0.3) is 0 Å². The lowest BCUT2D eigenvalue weighted by Crippen LogP contribution is -2.61. The minimum Gasteiger partial charge on any atom is -0.368 e. The highest BCUT2D eigenvalue weighted by molar-refractivity contribution is 5.49. The van der Waals surface area contributed by atoms with Gasteiger partial charge in [-0.15, -0.1) is 0 Å². The molecule has 1 saturated carbocycles. The summed E-state index contributed by atoms with van der Waals surface area (Å²) in [6.45, 7) is 5.74. The van der Waals surface area contributed by atoms with Crippen LogP contribution in [0.2, 0.25) is 0 Å². The SMILES string of the molecule is CCCCc1ccc(N2CCNC3(CCCCC3)C2)cc1. The Balaban J connectivity index is 1.65. The molecule has 0 atom stereocenters. The molecule has 0 radical (unpaired) electrons. The van der Waals surface area contributed by atoms with Crippen LogP contribution in [0.5, 0.6) is 0 Å². The fraction of sp³-hybridized carbons (Fsp3) is 0.684. The summed E-state index contributed by atoms with van der Waals surface area (Å²) in [6.07, 6.45) is 10.7. The van der Waals surface area contributed by atoms with Gasteiger partial charge >= 0.3 is 0 Å². The van der Waals surface area contributed by atoms with Crippen LogP contribution in [0.1, 0.15) is 57.4 Å². The molecule has 2 aliphatic rings. The van der Waals surface area contributed by atoms with Crippen molar-refractivity contribution in [1.29, 1.82) is 0 Å². The summed E-state index contributed by atoms with van der Waals surface area (Å²) >= 11 is 0. The van der Waals surface area contributed by atoms with Crippen LogP contribution in [-0.2, 0) is 6.42 Å². The fourth-order valence-corrected chi connectivity index (χ4v) is 3.99. The number of nitrogens with one attached hydrogen (secondary N) is 1. The number of nitrogens with zero attached hydrogens (tertiary/aromatic N) is 1. The standard InChI is InChI=1S/C19H30N2/c1-2-3-7-17-8-10-18(11-9-17)21-15-14-20-19(16-21)12-5-4-6-13-19/h8-11,20H,2-7,12-16H2,1H3. The van der Waals surface area contributed by atoms with Crippen LogP contribution in [0.3, 0.4) is 0 Å². The Labute approximate surface area is 129 Å². The van der Waals surface area contributed by atoms with Crippen LogP contribution in [-0.4, -0.2) is 25.2 Å². The molecule has 1 saturated heterocycles. The molecule has 2 fully saturated rings. The van der Waals surface area contributed by atoms with E-state index < -0.39 is 0 Å². The minimum absolute atomic E-state index is 0.400. The molecule has 1 aliphatic carbocycles. The van der Waals surface area contributed by atoms with Crippen molar-refractivity contribution in [3.8, 4) is 0 Å². The summed E-state index contributed by atoms with van der Waals surface area (Å²) in [5.74, 6) is 0. The van der Waals surface area contributed by atoms with Gasteiger partial charge in [-0.1, -0.05) is 44.7 Å².